The third-order valence-corrected chi connectivity index (χ3v) is 23.2. The Kier molecular flexibility index (Phi) is 44.1. The van der Waals surface area contributed by atoms with Crippen LogP contribution in [0, 0.1) is 17.8 Å². The number of aliphatic hydroxyl groups is 1. The van der Waals surface area contributed by atoms with Gasteiger partial charge in [-0.3, -0.25) is 110 Å². The van der Waals surface area contributed by atoms with Crippen molar-refractivity contribution in [2.24, 2.45) is 29.2 Å². The molecule has 3 rings (SSSR count). The Morgan fingerprint density at radius 3 is 1.22 bits per heavy atom. The lowest BCUT2D eigenvalue weighted by Gasteiger charge is -2.36. The fourth-order valence-electron chi connectivity index (χ4n) is 14.8. The number of amides is 22. The van der Waals surface area contributed by atoms with Gasteiger partial charge in [0.15, 0.2) is 0 Å². The zero-order valence-corrected chi connectivity index (χ0v) is 84.6. The van der Waals surface area contributed by atoms with E-state index in [1.807, 2.05) is 0 Å². The van der Waals surface area contributed by atoms with Crippen LogP contribution in [0.2, 0.25) is 0 Å². The SMILES string of the molecule is CC(=O)NC(C)(C)C(=O)N1CCC[C@@H]1C(=O)NC(C)(C)C(=O)N[C@@H](C)C(=O)NC(C)(C)C(=O)N[C@@H](C)C(=O)N[C@@H](CCC(N)=O)C(=O)NC(C)(C)C(=O)N[C@H](C(=O)NC(C)(C)C(=O)NCC(=O)N[C@@H](CC(C)C)C(=O)NC(C)(C)C(=O)N1CCC[C@H]1C(=O)N[C@H](C(=O)NC(C)(C)C(=O)NC(C)(C)C(=O)N[C@H](CCC(=O)O)C(=O)N[C@H](CCC(N)=O)C(=O)N[C@H](CO)Cc1ccccc1)C(C)C)C(C)C. The van der Waals surface area contributed by atoms with Gasteiger partial charge in [-0.15, -0.1) is 0 Å². The van der Waals surface area contributed by atoms with Crippen molar-refractivity contribution in [3.63, 3.8) is 0 Å². The van der Waals surface area contributed by atoms with Crippen LogP contribution in [0.4, 0.5) is 0 Å². The minimum atomic E-state index is -1.92. The van der Waals surface area contributed by atoms with Crippen molar-refractivity contribution in [2.75, 3.05) is 26.2 Å². The van der Waals surface area contributed by atoms with Gasteiger partial charge in [-0.2, -0.15) is 0 Å². The fraction of sp³-hybridized carbons (Fsp3) is 0.685. The Morgan fingerprint density at radius 2 is 0.755 bits per heavy atom. The van der Waals surface area contributed by atoms with Crippen LogP contribution in [0.3, 0.4) is 0 Å². The van der Waals surface area contributed by atoms with Crippen LogP contribution in [0.5, 0.6) is 0 Å². The van der Waals surface area contributed by atoms with Gasteiger partial charge < -0.3 is 127 Å². The number of hydrogen-bond acceptors (Lipinski definition) is 24. The van der Waals surface area contributed by atoms with Crippen LogP contribution in [-0.2, 0) is 117 Å². The van der Waals surface area contributed by atoms with Gasteiger partial charge in [-0.05, 0) is 206 Å². The molecule has 0 aliphatic carbocycles. The maximum atomic E-state index is 14.6. The summed E-state index contributed by atoms with van der Waals surface area (Å²) in [5.41, 5.74) is -2.50. The van der Waals surface area contributed by atoms with E-state index < -0.39 is 304 Å². The first kappa shape index (κ1) is 120. The van der Waals surface area contributed by atoms with Crippen molar-refractivity contribution in [1.82, 2.24) is 106 Å². The second-order valence-electron chi connectivity index (χ2n) is 40.8. The summed E-state index contributed by atoms with van der Waals surface area (Å²) in [7, 11) is 0. The standard InChI is InChI=1S/C92H150N22O25/c1-47(2)43-58(72(127)108-92(24,25)84(139)113-41-29-33-59(113)73(128)103-65(48(3)4)75(130)111-90(20,21)82(137)112-89(18,19)80(135)102-56(37-40-64(120)121)70(125)101-55(35-38-61(93)117)69(124)98-54(46-115)44-53-31-27-26-28-32-53)99-63(119)45-95-77(132)85(10,11)110-76(131)66(49(5)6)104-81(136)88(16,17)107-71(126)57(36-39-62(94)118)100-67(122)50(7)96-78(133)86(12,13)106-68(123)51(8)97-79(134)87(14,15)109-74(129)60-34-30-42-114(60)83(138)91(22,23)105-52(9)116/h26-28,31-32,47-51,54-60,65-66,115H,29-30,33-46H2,1-25H3,(H2,93,117)(H2,94,118)(H,95,132)(H,96,133)(H,97,134)(H,98,124)(H,99,119)(H,100,122)(H,101,125)(H,102,135)(H,103,128)(H,104,136)(H,105,116)(H,106,123)(H,107,126)(H,108,127)(H,109,129)(H,110,131)(H,111,130)(H,112,137)(H,120,121)/t50-,51-,54-,55+,56+,57-,58-,59-,60+,65-,66-/m0/s1. The first-order valence-electron chi connectivity index (χ1n) is 46.4. The number of benzene rings is 1. The number of rotatable bonds is 53. The summed E-state index contributed by atoms with van der Waals surface area (Å²) in [4.78, 5) is 315. The molecule has 2 aliphatic heterocycles. The highest BCUT2D eigenvalue weighted by atomic mass is 16.4. The molecule has 2 fully saturated rings. The molecule has 2 aliphatic rings. The molecule has 0 spiro atoms. The molecule has 11 atom stereocenters. The second-order valence-corrected chi connectivity index (χ2v) is 40.8. The number of carboxylic acids is 1. The van der Waals surface area contributed by atoms with E-state index in [0.29, 0.717) is 12.8 Å². The number of carboxylic acid groups (broad SMARTS) is 1. The zero-order valence-electron chi connectivity index (χ0n) is 84.6. The third-order valence-electron chi connectivity index (χ3n) is 23.2. The van der Waals surface area contributed by atoms with E-state index in [2.05, 4.69) is 95.7 Å². The molecule has 47 nitrogen and oxygen atoms in total. The van der Waals surface area contributed by atoms with Crippen molar-refractivity contribution >= 4 is 136 Å². The van der Waals surface area contributed by atoms with E-state index >= 15 is 0 Å². The minimum absolute atomic E-state index is 0.00371. The van der Waals surface area contributed by atoms with E-state index in [0.717, 1.165) is 5.56 Å². The van der Waals surface area contributed by atoms with Gasteiger partial charge in [0.25, 0.3) is 0 Å². The Hall–Kier alpha value is -13.0. The molecular weight excluding hydrogens is 1810 g/mol. The number of carbonyl (C=O) groups excluding carboxylic acids is 22. The first-order valence-corrected chi connectivity index (χ1v) is 46.4. The summed E-state index contributed by atoms with van der Waals surface area (Å²) in [6.07, 6.45) is -1.46. The smallest absolute Gasteiger partial charge is 0.303 e. The van der Waals surface area contributed by atoms with Crippen LogP contribution in [-0.4, -0.2) is 293 Å². The van der Waals surface area contributed by atoms with Gasteiger partial charge in [0.2, 0.25) is 130 Å². The summed E-state index contributed by atoms with van der Waals surface area (Å²) in [6.45, 7) is 33.8. The summed E-state index contributed by atoms with van der Waals surface area (Å²) in [6, 6.07) is -5.82. The zero-order chi connectivity index (χ0) is 107. The predicted molar refractivity (Wildman–Crippen MR) is 505 cm³/mol. The molecule has 47 heteroatoms. The number of nitrogens with two attached hydrogens (primary N) is 2. The van der Waals surface area contributed by atoms with Crippen LogP contribution in [0.1, 0.15) is 249 Å². The van der Waals surface area contributed by atoms with E-state index in [9.17, 15) is 120 Å². The lowest BCUT2D eigenvalue weighted by molar-refractivity contribution is -0.146. The van der Waals surface area contributed by atoms with Crippen molar-refractivity contribution in [1.29, 1.82) is 0 Å². The number of likely N-dealkylation sites (tertiary alicyclic amines) is 2. The van der Waals surface area contributed by atoms with Crippen LogP contribution < -0.4 is 107 Å². The quantitative estimate of drug-likeness (QED) is 0.0293. The monoisotopic (exact) mass is 1960 g/mol. The summed E-state index contributed by atoms with van der Waals surface area (Å²) < 4.78 is 0. The summed E-state index contributed by atoms with van der Waals surface area (Å²) >= 11 is 0. The molecule has 2 saturated heterocycles. The summed E-state index contributed by atoms with van der Waals surface area (Å²) in [5, 5.41) is 65.4. The molecule has 0 radical (unpaired) electrons. The van der Waals surface area contributed by atoms with Crippen molar-refractivity contribution in [3.8, 4) is 0 Å². The van der Waals surface area contributed by atoms with Crippen molar-refractivity contribution in [3.05, 3.63) is 35.9 Å². The Labute approximate surface area is 810 Å². The van der Waals surface area contributed by atoms with Crippen molar-refractivity contribution in [2.45, 2.75) is 361 Å². The summed E-state index contributed by atoms with van der Waals surface area (Å²) in [5.74, 6) is -21.7. The molecule has 1 aromatic rings. The van der Waals surface area contributed by atoms with Crippen LogP contribution in [0.15, 0.2) is 30.3 Å². The molecule has 2 heterocycles. The molecule has 1 aromatic carbocycles. The van der Waals surface area contributed by atoms with Crippen LogP contribution >= 0.6 is 0 Å². The highest BCUT2D eigenvalue weighted by molar-refractivity contribution is 6.05. The maximum Gasteiger partial charge on any atom is 0.303 e. The number of nitrogens with zero attached hydrogens (tertiary/aromatic N) is 2. The normalized spacial score (nSPS) is 16.2. The van der Waals surface area contributed by atoms with Gasteiger partial charge in [0.1, 0.15) is 105 Å². The lowest BCUT2D eigenvalue weighted by atomic mass is 9.96. The Bertz CT molecular complexity index is 4700. The number of nitrogens with one attached hydrogen (secondary N) is 18. The first-order chi connectivity index (χ1) is 63.8. The average molecular weight is 1960 g/mol. The van der Waals surface area contributed by atoms with E-state index in [4.69, 9.17) is 11.5 Å². The highest BCUT2D eigenvalue weighted by Gasteiger charge is 2.49. The average Bonchev–Trinajstić information content (AvgIpc) is 1.63. The molecule has 0 saturated carbocycles. The molecule has 0 bridgehead atoms. The molecule has 24 N–H and O–H groups in total. The Balaban J connectivity index is 1.65. The second kappa shape index (κ2) is 51.1. The van der Waals surface area contributed by atoms with Crippen molar-refractivity contribution < 1.29 is 120 Å². The lowest BCUT2D eigenvalue weighted by Crippen LogP contribution is -2.66. The molecule has 139 heavy (non-hydrogen) atoms. The van der Waals surface area contributed by atoms with E-state index in [1.54, 1.807) is 71.9 Å². The number of aliphatic hydroxyl groups excluding tert-OH is 1. The molecule has 0 unspecified atom stereocenters. The number of aliphatic carboxylic acids is 1. The Morgan fingerprint density at radius 1 is 0.381 bits per heavy atom. The predicted octanol–water partition coefficient (Wildman–Crippen LogP) is -4.35. The number of hydrogen-bond donors (Lipinski definition) is 22. The van der Waals surface area contributed by atoms with Gasteiger partial charge in [0.05, 0.1) is 19.2 Å². The van der Waals surface area contributed by atoms with Crippen LogP contribution in [0.25, 0.3) is 0 Å². The topological polar surface area (TPSA) is 708 Å². The van der Waals surface area contributed by atoms with Gasteiger partial charge in [-0.1, -0.05) is 71.9 Å². The van der Waals surface area contributed by atoms with E-state index in [1.165, 1.54) is 141 Å². The minimum Gasteiger partial charge on any atom is -0.481 e. The molecule has 778 valence electrons. The van der Waals surface area contributed by atoms with Gasteiger partial charge in [-0.25, -0.2) is 0 Å². The number of primary amides is 2. The molecule has 22 amide bonds. The molecule has 0 aromatic heterocycles. The van der Waals surface area contributed by atoms with E-state index in [-0.39, 0.29) is 51.1 Å². The van der Waals surface area contributed by atoms with Gasteiger partial charge >= 0.3 is 5.97 Å². The third kappa shape index (κ3) is 37.3. The highest BCUT2D eigenvalue weighted by Crippen LogP contribution is 2.27. The fourth-order valence-corrected chi connectivity index (χ4v) is 14.8. The number of carbonyl (C=O) groups is 23. The largest absolute Gasteiger partial charge is 0.481 e. The van der Waals surface area contributed by atoms with Gasteiger partial charge in [0, 0.05) is 39.3 Å². The maximum absolute atomic E-state index is 14.6. The molecular formula is C92H150N22O25.